The first-order valence-electron chi connectivity index (χ1n) is 9.02. The first-order chi connectivity index (χ1) is 12.2. The van der Waals surface area contributed by atoms with Gasteiger partial charge in [-0.3, -0.25) is 4.79 Å². The normalized spacial score (nSPS) is 28.4. The molecule has 2 aromatic carbocycles. The van der Waals surface area contributed by atoms with Crippen molar-refractivity contribution in [1.29, 1.82) is 0 Å². The number of rotatable bonds is 4. The molecule has 1 saturated heterocycles. The summed E-state index contributed by atoms with van der Waals surface area (Å²) in [5, 5.41) is 6.57. The van der Waals surface area contributed by atoms with E-state index in [4.69, 9.17) is 0 Å². The van der Waals surface area contributed by atoms with Gasteiger partial charge in [0.25, 0.3) is 0 Å². The Morgan fingerprint density at radius 1 is 0.960 bits per heavy atom. The van der Waals surface area contributed by atoms with Crippen LogP contribution in [0.15, 0.2) is 54.6 Å². The zero-order valence-electron chi connectivity index (χ0n) is 14.1. The highest BCUT2D eigenvalue weighted by atomic mass is 19.1. The summed E-state index contributed by atoms with van der Waals surface area (Å²) in [6, 6.07) is 17.2. The Labute approximate surface area is 147 Å². The van der Waals surface area contributed by atoms with Crippen LogP contribution < -0.4 is 10.6 Å². The van der Waals surface area contributed by atoms with Gasteiger partial charge in [0.05, 0.1) is 5.92 Å². The topological polar surface area (TPSA) is 41.1 Å². The molecule has 0 unspecified atom stereocenters. The second-order valence-corrected chi connectivity index (χ2v) is 7.21. The van der Waals surface area contributed by atoms with E-state index in [0.717, 1.165) is 31.5 Å². The van der Waals surface area contributed by atoms with Gasteiger partial charge < -0.3 is 10.6 Å². The molecule has 2 aliphatic rings. The number of nitrogens with one attached hydrogen (secondary N) is 2. The third-order valence-electron chi connectivity index (χ3n) is 5.60. The molecule has 2 atom stereocenters. The maximum Gasteiger partial charge on any atom is 0.225 e. The fourth-order valence-corrected chi connectivity index (χ4v) is 4.06. The van der Waals surface area contributed by atoms with Gasteiger partial charge in [-0.2, -0.15) is 0 Å². The quantitative estimate of drug-likeness (QED) is 0.899. The van der Waals surface area contributed by atoms with Crippen molar-refractivity contribution in [2.45, 2.75) is 30.7 Å². The summed E-state index contributed by atoms with van der Waals surface area (Å²) < 4.78 is 13.0. The van der Waals surface area contributed by atoms with Crippen LogP contribution in [0.4, 0.5) is 4.39 Å². The molecule has 0 radical (unpaired) electrons. The van der Waals surface area contributed by atoms with Gasteiger partial charge in [-0.15, -0.1) is 0 Å². The van der Waals surface area contributed by atoms with Crippen LogP contribution in [-0.2, 0) is 4.79 Å². The van der Waals surface area contributed by atoms with Gasteiger partial charge in [0.1, 0.15) is 5.82 Å². The van der Waals surface area contributed by atoms with E-state index in [1.165, 1.54) is 17.7 Å². The summed E-state index contributed by atoms with van der Waals surface area (Å²) >= 11 is 0. The largest absolute Gasteiger partial charge is 0.353 e. The summed E-state index contributed by atoms with van der Waals surface area (Å²) in [4.78, 5) is 12.7. The second-order valence-electron chi connectivity index (χ2n) is 7.21. The van der Waals surface area contributed by atoms with Crippen LogP contribution in [0.3, 0.4) is 0 Å². The van der Waals surface area contributed by atoms with Gasteiger partial charge in [-0.25, -0.2) is 4.39 Å². The Balaban J connectivity index is 1.33. The van der Waals surface area contributed by atoms with E-state index in [2.05, 4.69) is 22.8 Å². The van der Waals surface area contributed by atoms with Crippen molar-refractivity contribution in [3.63, 3.8) is 0 Å². The van der Waals surface area contributed by atoms with E-state index in [-0.39, 0.29) is 29.6 Å². The maximum absolute atomic E-state index is 13.0. The lowest BCUT2D eigenvalue weighted by molar-refractivity contribution is -0.126. The molecule has 130 valence electrons. The highest BCUT2D eigenvalue weighted by molar-refractivity contribution is 5.81. The number of hydrogen-bond donors (Lipinski definition) is 2. The minimum absolute atomic E-state index is 0.00716. The number of hydrogen-bond acceptors (Lipinski definition) is 2. The van der Waals surface area contributed by atoms with E-state index >= 15 is 0 Å². The van der Waals surface area contributed by atoms with Gasteiger partial charge in [-0.1, -0.05) is 42.5 Å². The molecule has 1 amide bonds. The minimum atomic E-state index is -0.200. The van der Waals surface area contributed by atoms with Crippen molar-refractivity contribution < 1.29 is 9.18 Å². The van der Waals surface area contributed by atoms with Crippen LogP contribution in [0.5, 0.6) is 0 Å². The van der Waals surface area contributed by atoms with Crippen LogP contribution in [-0.4, -0.2) is 25.0 Å². The van der Waals surface area contributed by atoms with Crippen molar-refractivity contribution >= 4 is 5.91 Å². The number of carbonyl (C=O) groups excluding carboxylic acids is 1. The highest BCUT2D eigenvalue weighted by Gasteiger charge is 2.37. The van der Waals surface area contributed by atoms with Gasteiger partial charge in [0.15, 0.2) is 0 Å². The van der Waals surface area contributed by atoms with Crippen molar-refractivity contribution in [2.75, 3.05) is 13.1 Å². The Kier molecular flexibility index (Phi) is 4.53. The average molecular weight is 338 g/mol. The SMILES string of the molecule is O=C(N[C@H]1C[C@H](c2ccc(F)cc2)C1)[C@@H]1CNC[C@H]1c1ccccc1. The molecule has 2 aromatic rings. The molecule has 0 bridgehead atoms. The lowest BCUT2D eigenvalue weighted by atomic mass is 9.75. The molecule has 4 heteroatoms. The predicted octanol–water partition coefficient (Wildman–Crippen LogP) is 3.19. The van der Waals surface area contributed by atoms with Crippen molar-refractivity contribution in [1.82, 2.24) is 10.6 Å². The number of carbonyl (C=O) groups is 1. The molecule has 1 heterocycles. The van der Waals surface area contributed by atoms with Gasteiger partial charge in [0, 0.05) is 25.0 Å². The summed E-state index contributed by atoms with van der Waals surface area (Å²) in [6.07, 6.45) is 1.88. The molecule has 1 aliphatic carbocycles. The van der Waals surface area contributed by atoms with Crippen molar-refractivity contribution in [3.8, 4) is 0 Å². The molecular weight excluding hydrogens is 315 g/mol. The van der Waals surface area contributed by atoms with E-state index in [1.54, 1.807) is 0 Å². The number of amides is 1. The lowest BCUT2D eigenvalue weighted by Crippen LogP contribution is -2.46. The fourth-order valence-electron chi connectivity index (χ4n) is 4.06. The molecule has 3 nitrogen and oxygen atoms in total. The van der Waals surface area contributed by atoms with Crippen LogP contribution in [0, 0.1) is 11.7 Å². The summed E-state index contributed by atoms with van der Waals surface area (Å²) in [7, 11) is 0. The van der Waals surface area contributed by atoms with Crippen LogP contribution in [0.2, 0.25) is 0 Å². The van der Waals surface area contributed by atoms with Crippen molar-refractivity contribution in [2.24, 2.45) is 5.92 Å². The zero-order valence-corrected chi connectivity index (χ0v) is 14.1. The average Bonchev–Trinajstić information content (AvgIpc) is 3.09. The molecule has 4 rings (SSSR count). The Morgan fingerprint density at radius 2 is 1.68 bits per heavy atom. The van der Waals surface area contributed by atoms with Crippen LogP contribution in [0.1, 0.15) is 35.8 Å². The van der Waals surface area contributed by atoms with E-state index in [9.17, 15) is 9.18 Å². The van der Waals surface area contributed by atoms with Crippen LogP contribution in [0.25, 0.3) is 0 Å². The molecule has 0 spiro atoms. The Hall–Kier alpha value is -2.20. The lowest BCUT2D eigenvalue weighted by Gasteiger charge is -2.37. The van der Waals surface area contributed by atoms with E-state index in [0.29, 0.717) is 5.92 Å². The summed E-state index contributed by atoms with van der Waals surface area (Å²) in [6.45, 7) is 1.59. The number of halogens is 1. The summed E-state index contributed by atoms with van der Waals surface area (Å²) in [5.41, 5.74) is 2.39. The molecule has 1 saturated carbocycles. The van der Waals surface area contributed by atoms with Gasteiger partial charge >= 0.3 is 0 Å². The summed E-state index contributed by atoms with van der Waals surface area (Å²) in [5.74, 6) is 0.619. The fraction of sp³-hybridized carbons (Fsp3) is 0.381. The van der Waals surface area contributed by atoms with Gasteiger partial charge in [-0.05, 0) is 42.0 Å². The van der Waals surface area contributed by atoms with Crippen LogP contribution >= 0.6 is 0 Å². The molecule has 2 N–H and O–H groups in total. The maximum atomic E-state index is 13.0. The smallest absolute Gasteiger partial charge is 0.225 e. The monoisotopic (exact) mass is 338 g/mol. The van der Waals surface area contributed by atoms with Crippen molar-refractivity contribution in [3.05, 3.63) is 71.5 Å². The second kappa shape index (κ2) is 6.96. The third kappa shape index (κ3) is 3.45. The Bertz CT molecular complexity index is 725. The van der Waals surface area contributed by atoms with Gasteiger partial charge in [0.2, 0.25) is 5.91 Å². The minimum Gasteiger partial charge on any atom is -0.353 e. The molecule has 2 fully saturated rings. The van der Waals surface area contributed by atoms with E-state index < -0.39 is 0 Å². The third-order valence-corrected chi connectivity index (χ3v) is 5.60. The van der Waals surface area contributed by atoms with E-state index in [1.807, 2.05) is 30.3 Å². The molecular formula is C21H23FN2O. The molecule has 1 aliphatic heterocycles. The number of benzene rings is 2. The first-order valence-corrected chi connectivity index (χ1v) is 9.02. The zero-order chi connectivity index (χ0) is 17.2. The molecule has 0 aromatic heterocycles. The molecule has 25 heavy (non-hydrogen) atoms. The standard InChI is InChI=1S/C21H23FN2O/c22-17-8-6-14(7-9-17)16-10-18(11-16)24-21(25)20-13-23-12-19(20)15-4-2-1-3-5-15/h1-9,16,18-20,23H,10-13H2,(H,24,25)/t16-,18-,19-,20+/m0/s1. The highest BCUT2D eigenvalue weighted by Crippen LogP contribution is 2.37. The Morgan fingerprint density at radius 3 is 2.40 bits per heavy atom. The first kappa shape index (κ1) is 16.3. The predicted molar refractivity (Wildman–Crippen MR) is 95.8 cm³/mol.